The Bertz CT molecular complexity index is 632. The highest BCUT2D eigenvalue weighted by molar-refractivity contribution is 6.00. The van der Waals surface area contributed by atoms with Gasteiger partial charge in [0.15, 0.2) is 11.6 Å². The van der Waals surface area contributed by atoms with E-state index in [9.17, 15) is 9.59 Å². The summed E-state index contributed by atoms with van der Waals surface area (Å²) in [4.78, 5) is 24.5. The Balaban J connectivity index is 1.94. The number of benzene rings is 2. The summed E-state index contributed by atoms with van der Waals surface area (Å²) < 4.78 is 10.4. The second-order valence-electron chi connectivity index (χ2n) is 5.10. The SMILES string of the molecule is COc1ccccc1C(=O)CCCC(=O)c1ccccc1OC. The van der Waals surface area contributed by atoms with Crippen LogP contribution in [-0.4, -0.2) is 25.8 Å². The molecule has 4 nitrogen and oxygen atoms in total. The maximum atomic E-state index is 12.2. The number of rotatable bonds is 8. The van der Waals surface area contributed by atoms with Gasteiger partial charge in [0, 0.05) is 12.8 Å². The van der Waals surface area contributed by atoms with Crippen LogP contribution in [0, 0.1) is 0 Å². The summed E-state index contributed by atoms with van der Waals surface area (Å²) in [6.07, 6.45) is 1.11. The molecule has 0 amide bonds. The van der Waals surface area contributed by atoms with E-state index in [1.165, 1.54) is 14.2 Å². The van der Waals surface area contributed by atoms with Crippen LogP contribution in [0.15, 0.2) is 48.5 Å². The van der Waals surface area contributed by atoms with Crippen LogP contribution in [0.1, 0.15) is 40.0 Å². The fourth-order valence-corrected chi connectivity index (χ4v) is 2.43. The molecule has 0 N–H and O–H groups in total. The lowest BCUT2D eigenvalue weighted by molar-refractivity contribution is 0.0954. The van der Waals surface area contributed by atoms with E-state index in [1.54, 1.807) is 36.4 Å². The van der Waals surface area contributed by atoms with Crippen LogP contribution < -0.4 is 9.47 Å². The monoisotopic (exact) mass is 312 g/mol. The molecule has 0 heterocycles. The minimum absolute atomic E-state index is 0.0183. The van der Waals surface area contributed by atoms with Gasteiger partial charge >= 0.3 is 0 Å². The zero-order valence-corrected chi connectivity index (χ0v) is 13.4. The van der Waals surface area contributed by atoms with Crippen molar-refractivity contribution >= 4 is 11.6 Å². The molecule has 0 aliphatic heterocycles. The van der Waals surface area contributed by atoms with Crippen LogP contribution in [0.25, 0.3) is 0 Å². The zero-order valence-electron chi connectivity index (χ0n) is 13.4. The standard InChI is InChI=1S/C19H20O4/c1-22-18-12-5-3-8-14(18)16(20)10-7-11-17(21)15-9-4-6-13-19(15)23-2/h3-6,8-9,12-13H,7,10-11H2,1-2H3. The molecule has 0 aliphatic carbocycles. The lowest BCUT2D eigenvalue weighted by atomic mass is 10.0. The molecule has 0 aromatic heterocycles. The van der Waals surface area contributed by atoms with Gasteiger partial charge in [-0.05, 0) is 30.7 Å². The van der Waals surface area contributed by atoms with E-state index >= 15 is 0 Å². The number of hydrogen-bond acceptors (Lipinski definition) is 4. The van der Waals surface area contributed by atoms with Gasteiger partial charge in [-0.15, -0.1) is 0 Å². The number of methoxy groups -OCH3 is 2. The number of carbonyl (C=O) groups is 2. The summed E-state index contributed by atoms with van der Waals surface area (Å²) in [5.41, 5.74) is 1.11. The van der Waals surface area contributed by atoms with E-state index in [2.05, 4.69) is 0 Å². The van der Waals surface area contributed by atoms with Crippen molar-refractivity contribution < 1.29 is 19.1 Å². The highest BCUT2D eigenvalue weighted by atomic mass is 16.5. The molecule has 0 unspecified atom stereocenters. The third-order valence-electron chi connectivity index (χ3n) is 3.62. The van der Waals surface area contributed by atoms with Crippen LogP contribution in [0.4, 0.5) is 0 Å². The summed E-state index contributed by atoms with van der Waals surface area (Å²) in [5, 5.41) is 0. The average Bonchev–Trinajstić information content (AvgIpc) is 2.61. The van der Waals surface area contributed by atoms with Crippen LogP contribution >= 0.6 is 0 Å². The smallest absolute Gasteiger partial charge is 0.166 e. The Morgan fingerprint density at radius 2 is 1.13 bits per heavy atom. The van der Waals surface area contributed by atoms with Crippen LogP contribution in [-0.2, 0) is 0 Å². The molecule has 0 fully saturated rings. The summed E-state index contributed by atoms with van der Waals surface area (Å²) in [6.45, 7) is 0. The van der Waals surface area contributed by atoms with Crippen molar-refractivity contribution in [2.45, 2.75) is 19.3 Å². The fraction of sp³-hybridized carbons (Fsp3) is 0.263. The first-order valence-corrected chi connectivity index (χ1v) is 7.49. The Kier molecular flexibility index (Phi) is 5.92. The molecule has 120 valence electrons. The molecular weight excluding hydrogens is 292 g/mol. The minimum atomic E-state index is -0.0183. The van der Waals surface area contributed by atoms with Gasteiger partial charge < -0.3 is 9.47 Å². The molecule has 2 rings (SSSR count). The van der Waals surface area contributed by atoms with Crippen molar-refractivity contribution in [1.29, 1.82) is 0 Å². The van der Waals surface area contributed by atoms with Crippen LogP contribution in [0.5, 0.6) is 11.5 Å². The number of para-hydroxylation sites is 2. The van der Waals surface area contributed by atoms with Crippen molar-refractivity contribution in [2.75, 3.05) is 14.2 Å². The quantitative estimate of drug-likeness (QED) is 0.693. The van der Waals surface area contributed by atoms with Crippen LogP contribution in [0.3, 0.4) is 0 Å². The summed E-state index contributed by atoms with van der Waals surface area (Å²) >= 11 is 0. The molecule has 0 atom stereocenters. The Morgan fingerprint density at radius 1 is 0.739 bits per heavy atom. The highest BCUT2D eigenvalue weighted by Gasteiger charge is 2.14. The normalized spacial score (nSPS) is 10.2. The van der Waals surface area contributed by atoms with Crippen molar-refractivity contribution in [2.24, 2.45) is 0 Å². The highest BCUT2D eigenvalue weighted by Crippen LogP contribution is 2.22. The van der Waals surface area contributed by atoms with Gasteiger partial charge in [0.05, 0.1) is 25.3 Å². The van der Waals surface area contributed by atoms with E-state index in [0.29, 0.717) is 41.9 Å². The minimum Gasteiger partial charge on any atom is -0.496 e. The zero-order chi connectivity index (χ0) is 16.7. The lowest BCUT2D eigenvalue weighted by Crippen LogP contribution is -2.05. The molecule has 2 aromatic rings. The predicted octanol–water partition coefficient (Wildman–Crippen LogP) is 3.94. The van der Waals surface area contributed by atoms with E-state index in [-0.39, 0.29) is 11.6 Å². The second kappa shape index (κ2) is 8.13. The molecular formula is C19H20O4. The first-order valence-electron chi connectivity index (χ1n) is 7.49. The molecule has 0 saturated heterocycles. The predicted molar refractivity (Wildman–Crippen MR) is 88.5 cm³/mol. The van der Waals surface area contributed by atoms with Crippen molar-refractivity contribution in [3.63, 3.8) is 0 Å². The number of carbonyl (C=O) groups excluding carboxylic acids is 2. The van der Waals surface area contributed by atoms with Gasteiger partial charge in [-0.25, -0.2) is 0 Å². The second-order valence-corrected chi connectivity index (χ2v) is 5.10. The molecule has 23 heavy (non-hydrogen) atoms. The molecule has 4 heteroatoms. The fourth-order valence-electron chi connectivity index (χ4n) is 2.43. The molecule has 2 aromatic carbocycles. The summed E-state index contributed by atoms with van der Waals surface area (Å²) in [6, 6.07) is 14.2. The number of Topliss-reactive ketones (excluding diaryl/α,β-unsaturated/α-hetero) is 2. The van der Waals surface area contributed by atoms with Crippen molar-refractivity contribution in [1.82, 2.24) is 0 Å². The number of hydrogen-bond donors (Lipinski definition) is 0. The number of ketones is 2. The van der Waals surface area contributed by atoms with Gasteiger partial charge in [0.1, 0.15) is 11.5 Å². The van der Waals surface area contributed by atoms with E-state index in [4.69, 9.17) is 9.47 Å². The largest absolute Gasteiger partial charge is 0.496 e. The lowest BCUT2D eigenvalue weighted by Gasteiger charge is -2.08. The average molecular weight is 312 g/mol. The Morgan fingerprint density at radius 3 is 1.52 bits per heavy atom. The molecule has 0 spiro atoms. The topological polar surface area (TPSA) is 52.6 Å². The van der Waals surface area contributed by atoms with Gasteiger partial charge in [-0.1, -0.05) is 24.3 Å². The van der Waals surface area contributed by atoms with Crippen molar-refractivity contribution in [3.05, 3.63) is 59.7 Å². The van der Waals surface area contributed by atoms with Gasteiger partial charge in [-0.2, -0.15) is 0 Å². The first-order chi connectivity index (χ1) is 11.2. The molecule has 0 saturated carbocycles. The van der Waals surface area contributed by atoms with E-state index in [1.807, 2.05) is 12.1 Å². The van der Waals surface area contributed by atoms with Crippen LogP contribution in [0.2, 0.25) is 0 Å². The third kappa shape index (κ3) is 4.19. The molecule has 0 aliphatic rings. The third-order valence-corrected chi connectivity index (χ3v) is 3.62. The molecule has 0 radical (unpaired) electrons. The van der Waals surface area contributed by atoms with E-state index < -0.39 is 0 Å². The maximum Gasteiger partial charge on any atom is 0.166 e. The van der Waals surface area contributed by atoms with Gasteiger partial charge in [0.25, 0.3) is 0 Å². The summed E-state index contributed by atoms with van der Waals surface area (Å²) in [7, 11) is 3.08. The Hall–Kier alpha value is -2.62. The first kappa shape index (κ1) is 16.7. The number of ether oxygens (including phenoxy) is 2. The van der Waals surface area contributed by atoms with Gasteiger partial charge in [0.2, 0.25) is 0 Å². The van der Waals surface area contributed by atoms with Gasteiger partial charge in [-0.3, -0.25) is 9.59 Å². The summed E-state index contributed by atoms with van der Waals surface area (Å²) in [5.74, 6) is 1.09. The maximum absolute atomic E-state index is 12.2. The van der Waals surface area contributed by atoms with E-state index in [0.717, 1.165) is 0 Å². The Labute approximate surface area is 136 Å². The van der Waals surface area contributed by atoms with Crippen molar-refractivity contribution in [3.8, 4) is 11.5 Å². The molecule has 0 bridgehead atoms.